The molecule has 1 atom stereocenters. The summed E-state index contributed by atoms with van der Waals surface area (Å²) in [5.74, 6) is -3.25. The van der Waals surface area contributed by atoms with E-state index >= 15 is 0 Å². The number of hydrogen-bond donors (Lipinski definition) is 1. The zero-order valence-electron chi connectivity index (χ0n) is 14.2. The minimum Gasteiger partial charge on any atom is -0.452 e. The molecule has 0 heterocycles. The van der Waals surface area contributed by atoms with Gasteiger partial charge in [-0.15, -0.1) is 0 Å². The van der Waals surface area contributed by atoms with Crippen LogP contribution in [0.3, 0.4) is 0 Å². The van der Waals surface area contributed by atoms with Crippen LogP contribution in [0, 0.1) is 25.5 Å². The van der Waals surface area contributed by atoms with Gasteiger partial charge in [-0.2, -0.15) is 0 Å². The summed E-state index contributed by atoms with van der Waals surface area (Å²) < 4.78 is 31.0. The number of esters is 1. The Morgan fingerprint density at radius 1 is 1.04 bits per heavy atom. The largest absolute Gasteiger partial charge is 0.452 e. The molecule has 4 nitrogen and oxygen atoms in total. The van der Waals surface area contributed by atoms with Gasteiger partial charge >= 0.3 is 5.97 Å². The van der Waals surface area contributed by atoms with Crippen molar-refractivity contribution in [3.63, 3.8) is 0 Å². The van der Waals surface area contributed by atoms with Crippen molar-refractivity contribution in [3.05, 3.63) is 70.3 Å². The lowest BCUT2D eigenvalue weighted by Gasteiger charge is -2.15. The topological polar surface area (TPSA) is 55.4 Å². The molecule has 1 amide bonds. The third-order valence-corrected chi connectivity index (χ3v) is 3.84. The zero-order valence-corrected chi connectivity index (χ0v) is 14.2. The first kappa shape index (κ1) is 18.6. The molecule has 0 fully saturated rings. The number of ether oxygens (including phenoxy) is 1. The first-order chi connectivity index (χ1) is 11.8. The number of carbonyl (C=O) groups excluding carboxylic acids is 2. The van der Waals surface area contributed by atoms with E-state index in [9.17, 15) is 18.4 Å². The van der Waals surface area contributed by atoms with Crippen LogP contribution in [-0.4, -0.2) is 18.5 Å². The molecule has 0 radical (unpaired) electrons. The van der Waals surface area contributed by atoms with E-state index in [-0.39, 0.29) is 11.6 Å². The van der Waals surface area contributed by atoms with E-state index in [1.165, 1.54) is 0 Å². The molecule has 0 aliphatic carbocycles. The van der Waals surface area contributed by atoms with Crippen LogP contribution < -0.4 is 5.32 Å². The third-order valence-electron chi connectivity index (χ3n) is 3.84. The second-order valence-corrected chi connectivity index (χ2v) is 5.87. The van der Waals surface area contributed by atoms with Crippen LogP contribution in [0.1, 0.15) is 40.0 Å². The summed E-state index contributed by atoms with van der Waals surface area (Å²) in [5.41, 5.74) is 2.90. The summed E-state index contributed by atoms with van der Waals surface area (Å²) in [6.45, 7) is 5.25. The molecule has 0 unspecified atom stereocenters. The predicted molar refractivity (Wildman–Crippen MR) is 89.1 cm³/mol. The number of rotatable bonds is 5. The van der Waals surface area contributed by atoms with E-state index in [1.807, 2.05) is 39.0 Å². The lowest BCUT2D eigenvalue weighted by atomic mass is 10.0. The molecule has 0 aliphatic heterocycles. The van der Waals surface area contributed by atoms with Gasteiger partial charge in [-0.3, -0.25) is 4.79 Å². The standard InChI is InChI=1S/C19H19F2NO3/c1-11-4-5-14(6-12(11)2)13(3)22-18(23)10-25-19(24)15-7-16(20)9-17(21)8-15/h4-9,13H,10H2,1-3H3,(H,22,23)/t13-/m1/s1. The molecule has 0 saturated heterocycles. The highest BCUT2D eigenvalue weighted by atomic mass is 19.1. The van der Waals surface area contributed by atoms with Gasteiger partial charge in [0.15, 0.2) is 6.61 Å². The van der Waals surface area contributed by atoms with Crippen molar-refractivity contribution in [1.29, 1.82) is 0 Å². The fourth-order valence-corrected chi connectivity index (χ4v) is 2.29. The first-order valence-electron chi connectivity index (χ1n) is 7.76. The minimum atomic E-state index is -0.965. The summed E-state index contributed by atoms with van der Waals surface area (Å²) in [5, 5.41) is 2.71. The molecule has 2 rings (SSSR count). The first-order valence-corrected chi connectivity index (χ1v) is 7.76. The van der Waals surface area contributed by atoms with Crippen molar-refractivity contribution >= 4 is 11.9 Å². The highest BCUT2D eigenvalue weighted by Gasteiger charge is 2.15. The van der Waals surface area contributed by atoms with Gasteiger partial charge in [0.2, 0.25) is 0 Å². The minimum absolute atomic E-state index is 0.267. The van der Waals surface area contributed by atoms with E-state index in [1.54, 1.807) is 0 Å². The number of amides is 1. The molecular weight excluding hydrogens is 328 g/mol. The van der Waals surface area contributed by atoms with Crippen molar-refractivity contribution in [2.45, 2.75) is 26.8 Å². The summed E-state index contributed by atoms with van der Waals surface area (Å²) in [4.78, 5) is 23.7. The van der Waals surface area contributed by atoms with Crippen molar-refractivity contribution in [1.82, 2.24) is 5.32 Å². The van der Waals surface area contributed by atoms with Crippen LogP contribution in [0.5, 0.6) is 0 Å². The number of halogens is 2. The molecule has 25 heavy (non-hydrogen) atoms. The second kappa shape index (κ2) is 7.88. The number of carbonyl (C=O) groups is 2. The monoisotopic (exact) mass is 347 g/mol. The van der Waals surface area contributed by atoms with Crippen molar-refractivity contribution in [3.8, 4) is 0 Å². The van der Waals surface area contributed by atoms with Gasteiger partial charge in [0.25, 0.3) is 5.91 Å². The Kier molecular flexibility index (Phi) is 5.85. The number of benzene rings is 2. The van der Waals surface area contributed by atoms with Gasteiger partial charge in [0.1, 0.15) is 11.6 Å². The van der Waals surface area contributed by atoms with Gasteiger partial charge in [-0.05, 0) is 49.6 Å². The van der Waals surface area contributed by atoms with Gasteiger partial charge in [-0.1, -0.05) is 18.2 Å². The van der Waals surface area contributed by atoms with Crippen LogP contribution in [0.15, 0.2) is 36.4 Å². The van der Waals surface area contributed by atoms with E-state index in [2.05, 4.69) is 5.32 Å². The molecule has 0 spiro atoms. The summed E-state index contributed by atoms with van der Waals surface area (Å²) in [7, 11) is 0. The molecule has 0 aliphatic rings. The Morgan fingerprint density at radius 2 is 1.68 bits per heavy atom. The number of nitrogens with one attached hydrogen (secondary N) is 1. The fourth-order valence-electron chi connectivity index (χ4n) is 2.29. The molecule has 1 N–H and O–H groups in total. The second-order valence-electron chi connectivity index (χ2n) is 5.87. The third kappa shape index (κ3) is 5.11. The smallest absolute Gasteiger partial charge is 0.338 e. The normalized spacial score (nSPS) is 11.7. The van der Waals surface area contributed by atoms with Gasteiger partial charge in [0.05, 0.1) is 11.6 Å². The Hall–Kier alpha value is -2.76. The van der Waals surface area contributed by atoms with Crippen molar-refractivity contribution < 1.29 is 23.1 Å². The maximum absolute atomic E-state index is 13.1. The fraction of sp³-hybridized carbons (Fsp3) is 0.263. The molecule has 0 saturated carbocycles. The Balaban J connectivity index is 1.91. The lowest BCUT2D eigenvalue weighted by Crippen LogP contribution is -2.31. The maximum atomic E-state index is 13.1. The summed E-state index contributed by atoms with van der Waals surface area (Å²) in [6, 6.07) is 7.93. The average Bonchev–Trinajstić information content (AvgIpc) is 2.54. The van der Waals surface area contributed by atoms with Crippen LogP contribution in [0.25, 0.3) is 0 Å². The van der Waals surface area contributed by atoms with Crippen LogP contribution in [0.2, 0.25) is 0 Å². The van der Waals surface area contributed by atoms with Gasteiger partial charge < -0.3 is 10.1 Å². The molecule has 132 valence electrons. The van der Waals surface area contributed by atoms with E-state index in [0.717, 1.165) is 28.8 Å². The molecule has 0 aromatic heterocycles. The van der Waals surface area contributed by atoms with Crippen LogP contribution in [0.4, 0.5) is 8.78 Å². The lowest BCUT2D eigenvalue weighted by molar-refractivity contribution is -0.124. The predicted octanol–water partition coefficient (Wildman–Crippen LogP) is 3.62. The number of aryl methyl sites for hydroxylation is 2. The Labute approximate surface area is 144 Å². The molecule has 2 aromatic rings. The van der Waals surface area contributed by atoms with Crippen molar-refractivity contribution in [2.75, 3.05) is 6.61 Å². The van der Waals surface area contributed by atoms with Crippen molar-refractivity contribution in [2.24, 2.45) is 0 Å². The average molecular weight is 347 g/mol. The van der Waals surface area contributed by atoms with E-state index in [0.29, 0.717) is 6.07 Å². The zero-order chi connectivity index (χ0) is 18.6. The maximum Gasteiger partial charge on any atom is 0.338 e. The van der Waals surface area contributed by atoms with Gasteiger partial charge in [0, 0.05) is 6.07 Å². The highest BCUT2D eigenvalue weighted by molar-refractivity contribution is 5.91. The molecule has 2 aromatic carbocycles. The van der Waals surface area contributed by atoms with Crippen LogP contribution >= 0.6 is 0 Å². The van der Waals surface area contributed by atoms with E-state index in [4.69, 9.17) is 4.74 Å². The SMILES string of the molecule is Cc1ccc([C@@H](C)NC(=O)COC(=O)c2cc(F)cc(F)c2)cc1C. The number of hydrogen-bond acceptors (Lipinski definition) is 3. The Morgan fingerprint density at radius 3 is 2.28 bits per heavy atom. The molecule has 0 bridgehead atoms. The highest BCUT2D eigenvalue weighted by Crippen LogP contribution is 2.16. The quantitative estimate of drug-likeness (QED) is 0.841. The Bertz CT molecular complexity index is 785. The van der Waals surface area contributed by atoms with Crippen LogP contribution in [-0.2, 0) is 9.53 Å². The molecule has 6 heteroatoms. The summed E-state index contributed by atoms with van der Waals surface area (Å²) in [6.07, 6.45) is 0. The van der Waals surface area contributed by atoms with E-state index < -0.39 is 30.1 Å². The molecular formula is C19H19F2NO3. The van der Waals surface area contributed by atoms with Gasteiger partial charge in [-0.25, -0.2) is 13.6 Å². The summed E-state index contributed by atoms with van der Waals surface area (Å²) >= 11 is 0.